The second-order valence-corrected chi connectivity index (χ2v) is 6.26. The highest BCUT2D eigenvalue weighted by Gasteiger charge is 2.31. The molecule has 1 aromatic heterocycles. The van der Waals surface area contributed by atoms with Gasteiger partial charge < -0.3 is 16.0 Å². The van der Waals surface area contributed by atoms with Crippen molar-refractivity contribution in [2.24, 2.45) is 0 Å². The summed E-state index contributed by atoms with van der Waals surface area (Å²) in [6.45, 7) is 1.22. The summed E-state index contributed by atoms with van der Waals surface area (Å²) in [7, 11) is 0. The van der Waals surface area contributed by atoms with Gasteiger partial charge in [0.25, 0.3) is 5.91 Å². The lowest BCUT2D eigenvalue weighted by atomic mass is 10.0. The minimum atomic E-state index is -4.39. The second-order valence-electron chi connectivity index (χ2n) is 6.26. The fourth-order valence-corrected chi connectivity index (χ4v) is 2.94. The van der Waals surface area contributed by atoms with Crippen molar-refractivity contribution < 1.29 is 18.0 Å². The highest BCUT2D eigenvalue weighted by molar-refractivity contribution is 5.95. The van der Waals surface area contributed by atoms with Gasteiger partial charge in [0.2, 0.25) is 0 Å². The highest BCUT2D eigenvalue weighted by Crippen LogP contribution is 2.29. The van der Waals surface area contributed by atoms with Gasteiger partial charge in [0.05, 0.1) is 5.56 Å². The van der Waals surface area contributed by atoms with Crippen LogP contribution in [0.15, 0.2) is 42.6 Å². The molecule has 1 saturated heterocycles. The zero-order valence-electron chi connectivity index (χ0n) is 14.8. The molecule has 2 heterocycles. The van der Waals surface area contributed by atoms with Gasteiger partial charge in [-0.3, -0.25) is 4.79 Å². The number of rotatable bonds is 3. The number of nitrogens with two attached hydrogens (primary N) is 1. The summed E-state index contributed by atoms with van der Waals surface area (Å²) in [6.07, 6.45) is -2.15. The predicted octanol–water partition coefficient (Wildman–Crippen LogP) is 3.93. The molecule has 1 aliphatic rings. The minimum absolute atomic E-state index is 0. The number of piperidine rings is 1. The Bertz CT molecular complexity index is 779. The minimum Gasteiger partial charge on any atom is -0.399 e. The van der Waals surface area contributed by atoms with Gasteiger partial charge in [0.1, 0.15) is 5.82 Å². The summed E-state index contributed by atoms with van der Waals surface area (Å²) >= 11 is 0. The van der Waals surface area contributed by atoms with Gasteiger partial charge in [-0.1, -0.05) is 6.07 Å². The summed E-state index contributed by atoms with van der Waals surface area (Å²) in [5, 5.41) is 2.97. The third-order valence-electron chi connectivity index (χ3n) is 4.38. The topological polar surface area (TPSA) is 71.2 Å². The Hall–Kier alpha value is -2.19. The maximum atomic E-state index is 12.6. The first-order valence-corrected chi connectivity index (χ1v) is 8.27. The van der Waals surface area contributed by atoms with E-state index in [1.54, 1.807) is 24.3 Å². The van der Waals surface area contributed by atoms with Crippen molar-refractivity contribution in [2.75, 3.05) is 23.7 Å². The first-order valence-electron chi connectivity index (χ1n) is 8.27. The van der Waals surface area contributed by atoms with Crippen molar-refractivity contribution in [3.63, 3.8) is 0 Å². The molecule has 1 amide bonds. The van der Waals surface area contributed by atoms with E-state index >= 15 is 0 Å². The number of alkyl halides is 3. The third kappa shape index (κ3) is 5.90. The first-order chi connectivity index (χ1) is 12.3. The molecule has 1 aliphatic heterocycles. The first kappa shape index (κ1) is 23.8. The van der Waals surface area contributed by atoms with Crippen LogP contribution in [0.3, 0.4) is 0 Å². The van der Waals surface area contributed by atoms with Crippen LogP contribution in [-0.2, 0) is 6.18 Å². The lowest BCUT2D eigenvalue weighted by Crippen LogP contribution is -2.45. The van der Waals surface area contributed by atoms with Gasteiger partial charge in [-0.25, -0.2) is 4.98 Å². The van der Waals surface area contributed by atoms with Gasteiger partial charge in [0.15, 0.2) is 0 Å². The molecule has 28 heavy (non-hydrogen) atoms. The van der Waals surface area contributed by atoms with Crippen LogP contribution in [0.2, 0.25) is 0 Å². The van der Waals surface area contributed by atoms with Crippen LogP contribution in [0.25, 0.3) is 0 Å². The molecular formula is C18H21Cl2F3N4O. The Morgan fingerprint density at radius 1 is 1.14 bits per heavy atom. The Morgan fingerprint density at radius 2 is 1.82 bits per heavy atom. The number of halogens is 5. The normalized spacial score (nSPS) is 14.6. The standard InChI is InChI=1S/C18H19F3N4O.2ClH/c19-18(20,21)13-4-5-16(23-11-13)25-8-6-15(7-9-25)24-17(26)12-2-1-3-14(22)10-12;;/h1-5,10-11,15H,6-9,22H2,(H,24,26);2*1H. The van der Waals surface area contributed by atoms with E-state index in [1.165, 1.54) is 6.07 Å². The van der Waals surface area contributed by atoms with E-state index in [-0.39, 0.29) is 36.8 Å². The number of anilines is 2. The number of aromatic nitrogens is 1. The van der Waals surface area contributed by atoms with Gasteiger partial charge in [-0.05, 0) is 43.2 Å². The molecule has 0 radical (unpaired) electrons. The number of hydrogen-bond acceptors (Lipinski definition) is 4. The van der Waals surface area contributed by atoms with E-state index in [0.29, 0.717) is 43.0 Å². The monoisotopic (exact) mass is 436 g/mol. The number of pyridine rings is 1. The number of nitrogens with zero attached hydrogens (tertiary/aromatic N) is 2. The maximum absolute atomic E-state index is 12.6. The van der Waals surface area contributed by atoms with Crippen LogP contribution in [0.5, 0.6) is 0 Å². The Kier molecular flexibility index (Phi) is 8.38. The zero-order chi connectivity index (χ0) is 18.7. The molecule has 3 N–H and O–H groups in total. The fraction of sp³-hybridized carbons (Fsp3) is 0.333. The molecule has 1 fully saturated rings. The number of carbonyl (C=O) groups excluding carboxylic acids is 1. The molecule has 0 unspecified atom stereocenters. The smallest absolute Gasteiger partial charge is 0.399 e. The van der Waals surface area contributed by atoms with E-state index in [1.807, 2.05) is 4.90 Å². The summed E-state index contributed by atoms with van der Waals surface area (Å²) < 4.78 is 37.8. The van der Waals surface area contributed by atoms with Crippen molar-refractivity contribution in [3.05, 3.63) is 53.7 Å². The van der Waals surface area contributed by atoms with E-state index in [4.69, 9.17) is 5.73 Å². The Morgan fingerprint density at radius 3 is 2.36 bits per heavy atom. The summed E-state index contributed by atoms with van der Waals surface area (Å²) in [5.74, 6) is 0.335. The average molecular weight is 437 g/mol. The molecule has 3 rings (SSSR count). The molecule has 2 aromatic rings. The van der Waals surface area contributed by atoms with Gasteiger partial charge in [0, 0.05) is 36.6 Å². The third-order valence-corrected chi connectivity index (χ3v) is 4.38. The number of nitrogens with one attached hydrogen (secondary N) is 1. The van der Waals surface area contributed by atoms with Crippen molar-refractivity contribution >= 4 is 42.2 Å². The largest absolute Gasteiger partial charge is 0.417 e. The summed E-state index contributed by atoms with van der Waals surface area (Å²) in [6, 6.07) is 9.19. The van der Waals surface area contributed by atoms with Crippen LogP contribution in [0, 0.1) is 0 Å². The second kappa shape index (κ2) is 9.84. The van der Waals surface area contributed by atoms with Crippen LogP contribution in [0.1, 0.15) is 28.8 Å². The molecule has 5 nitrogen and oxygen atoms in total. The zero-order valence-corrected chi connectivity index (χ0v) is 16.4. The van der Waals surface area contributed by atoms with E-state index in [2.05, 4.69) is 10.3 Å². The SMILES string of the molecule is Cl.Cl.Nc1cccc(C(=O)NC2CCN(c3ccc(C(F)(F)F)cn3)CC2)c1. The lowest BCUT2D eigenvalue weighted by Gasteiger charge is -2.33. The van der Waals surface area contributed by atoms with E-state index < -0.39 is 11.7 Å². The Balaban J connectivity index is 0.00000196. The van der Waals surface area contributed by atoms with E-state index in [9.17, 15) is 18.0 Å². The molecule has 0 bridgehead atoms. The fourth-order valence-electron chi connectivity index (χ4n) is 2.94. The van der Waals surface area contributed by atoms with Crippen LogP contribution < -0.4 is 16.0 Å². The molecule has 1 aromatic carbocycles. The number of benzene rings is 1. The average Bonchev–Trinajstić information content (AvgIpc) is 2.62. The molecular weight excluding hydrogens is 416 g/mol. The maximum Gasteiger partial charge on any atom is 0.417 e. The molecule has 10 heteroatoms. The quantitative estimate of drug-likeness (QED) is 0.715. The number of carbonyl (C=O) groups is 1. The summed E-state index contributed by atoms with van der Waals surface area (Å²) in [5.41, 5.74) is 5.97. The van der Waals surface area contributed by atoms with Crippen LogP contribution in [0.4, 0.5) is 24.7 Å². The van der Waals surface area contributed by atoms with Gasteiger partial charge in [-0.15, -0.1) is 24.8 Å². The Labute approximate surface area is 173 Å². The van der Waals surface area contributed by atoms with Crippen molar-refractivity contribution in [1.82, 2.24) is 10.3 Å². The van der Waals surface area contributed by atoms with Gasteiger partial charge in [-0.2, -0.15) is 13.2 Å². The number of amides is 1. The number of nitrogen functional groups attached to an aromatic ring is 1. The van der Waals surface area contributed by atoms with Crippen molar-refractivity contribution in [3.8, 4) is 0 Å². The van der Waals surface area contributed by atoms with Gasteiger partial charge >= 0.3 is 6.18 Å². The molecule has 0 spiro atoms. The predicted molar refractivity (Wildman–Crippen MR) is 107 cm³/mol. The van der Waals surface area contributed by atoms with Crippen molar-refractivity contribution in [2.45, 2.75) is 25.1 Å². The van der Waals surface area contributed by atoms with Crippen LogP contribution in [-0.4, -0.2) is 30.0 Å². The molecule has 0 aliphatic carbocycles. The number of hydrogen-bond donors (Lipinski definition) is 2. The molecule has 0 atom stereocenters. The summed E-state index contributed by atoms with van der Waals surface area (Å²) in [4.78, 5) is 18.1. The molecule has 0 saturated carbocycles. The highest BCUT2D eigenvalue weighted by atomic mass is 35.5. The van der Waals surface area contributed by atoms with Crippen molar-refractivity contribution in [1.29, 1.82) is 0 Å². The molecule has 154 valence electrons. The lowest BCUT2D eigenvalue weighted by molar-refractivity contribution is -0.137. The van der Waals surface area contributed by atoms with E-state index in [0.717, 1.165) is 12.3 Å². The van der Waals surface area contributed by atoms with Crippen LogP contribution >= 0.6 is 24.8 Å².